The first kappa shape index (κ1) is 16.8. The highest BCUT2D eigenvalue weighted by atomic mass is 32.1. The standard InChI is InChI=1S/C18H16N4O2S/c1-12(13-6-8-19-9-7-13)21-16(23)17(24)22-15-4-2-14(3-5-15)18-20-10-11-25-18/h2-12H,1H3,(H,21,23)(H,22,24). The number of carbonyl (C=O) groups excluding carboxylic acids is 2. The van der Waals surface area contributed by atoms with Gasteiger partial charge in [-0.3, -0.25) is 14.6 Å². The van der Waals surface area contributed by atoms with Gasteiger partial charge in [0.15, 0.2) is 0 Å². The summed E-state index contributed by atoms with van der Waals surface area (Å²) in [6, 6.07) is 10.5. The molecular weight excluding hydrogens is 336 g/mol. The Balaban J connectivity index is 1.59. The van der Waals surface area contributed by atoms with E-state index in [-0.39, 0.29) is 6.04 Å². The van der Waals surface area contributed by atoms with Gasteiger partial charge in [-0.1, -0.05) is 0 Å². The average molecular weight is 352 g/mol. The molecule has 0 aliphatic rings. The minimum absolute atomic E-state index is 0.284. The van der Waals surface area contributed by atoms with E-state index in [9.17, 15) is 9.59 Å². The summed E-state index contributed by atoms with van der Waals surface area (Å²) >= 11 is 1.54. The molecule has 3 aromatic rings. The molecule has 0 bridgehead atoms. The monoisotopic (exact) mass is 352 g/mol. The quantitative estimate of drug-likeness (QED) is 0.707. The summed E-state index contributed by atoms with van der Waals surface area (Å²) in [4.78, 5) is 32.2. The Labute approximate surface area is 149 Å². The van der Waals surface area contributed by atoms with E-state index in [1.807, 2.05) is 24.4 Å². The van der Waals surface area contributed by atoms with Crippen LogP contribution in [0.5, 0.6) is 0 Å². The van der Waals surface area contributed by atoms with E-state index in [1.54, 1.807) is 42.9 Å². The maximum absolute atomic E-state index is 12.0. The lowest BCUT2D eigenvalue weighted by Crippen LogP contribution is -2.36. The highest BCUT2D eigenvalue weighted by Crippen LogP contribution is 2.23. The molecule has 0 saturated carbocycles. The number of benzene rings is 1. The SMILES string of the molecule is CC(NC(=O)C(=O)Nc1ccc(-c2nccs2)cc1)c1ccncc1. The van der Waals surface area contributed by atoms with E-state index in [2.05, 4.69) is 20.6 Å². The minimum atomic E-state index is -0.706. The van der Waals surface area contributed by atoms with Crippen molar-refractivity contribution in [2.45, 2.75) is 13.0 Å². The number of hydrogen-bond acceptors (Lipinski definition) is 5. The lowest BCUT2D eigenvalue weighted by molar-refractivity contribution is -0.136. The fraction of sp³-hybridized carbons (Fsp3) is 0.111. The number of thiazole rings is 1. The molecule has 25 heavy (non-hydrogen) atoms. The first-order valence-corrected chi connectivity index (χ1v) is 8.53. The van der Waals surface area contributed by atoms with E-state index in [0.29, 0.717) is 5.69 Å². The van der Waals surface area contributed by atoms with Crippen molar-refractivity contribution in [2.24, 2.45) is 0 Å². The zero-order valence-electron chi connectivity index (χ0n) is 13.5. The number of amides is 2. The van der Waals surface area contributed by atoms with E-state index < -0.39 is 11.8 Å². The van der Waals surface area contributed by atoms with Crippen molar-refractivity contribution in [3.8, 4) is 10.6 Å². The van der Waals surface area contributed by atoms with Gasteiger partial charge in [-0.05, 0) is 48.9 Å². The molecule has 1 unspecified atom stereocenters. The van der Waals surface area contributed by atoms with Gasteiger partial charge < -0.3 is 10.6 Å². The number of pyridine rings is 1. The molecule has 0 saturated heterocycles. The van der Waals surface area contributed by atoms with Crippen LogP contribution in [-0.2, 0) is 9.59 Å². The van der Waals surface area contributed by atoms with E-state index >= 15 is 0 Å². The van der Waals surface area contributed by atoms with Crippen LogP contribution in [0.1, 0.15) is 18.5 Å². The van der Waals surface area contributed by atoms with Gasteiger partial charge in [0.2, 0.25) is 0 Å². The van der Waals surface area contributed by atoms with E-state index in [4.69, 9.17) is 0 Å². The van der Waals surface area contributed by atoms with Crippen molar-refractivity contribution >= 4 is 28.8 Å². The normalized spacial score (nSPS) is 11.6. The Kier molecular flexibility index (Phi) is 5.15. The van der Waals surface area contributed by atoms with Gasteiger partial charge in [0, 0.05) is 35.2 Å². The fourth-order valence-corrected chi connectivity index (χ4v) is 2.89. The lowest BCUT2D eigenvalue weighted by Gasteiger charge is -2.13. The minimum Gasteiger partial charge on any atom is -0.341 e. The topological polar surface area (TPSA) is 84.0 Å². The molecule has 2 N–H and O–H groups in total. The predicted molar refractivity (Wildman–Crippen MR) is 97.0 cm³/mol. The summed E-state index contributed by atoms with van der Waals surface area (Å²) in [6.45, 7) is 1.81. The third-order valence-corrected chi connectivity index (χ3v) is 4.40. The molecule has 0 radical (unpaired) electrons. The molecule has 1 aromatic carbocycles. The summed E-state index contributed by atoms with van der Waals surface area (Å²) in [5, 5.41) is 8.06. The Bertz CT molecular complexity index is 849. The van der Waals surface area contributed by atoms with Crippen LogP contribution >= 0.6 is 11.3 Å². The average Bonchev–Trinajstić information content (AvgIpc) is 3.17. The van der Waals surface area contributed by atoms with Crippen LogP contribution in [0.4, 0.5) is 5.69 Å². The second kappa shape index (κ2) is 7.67. The first-order chi connectivity index (χ1) is 12.1. The molecule has 126 valence electrons. The third-order valence-electron chi connectivity index (χ3n) is 3.58. The highest BCUT2D eigenvalue weighted by molar-refractivity contribution is 7.13. The molecular formula is C18H16N4O2S. The number of nitrogens with one attached hydrogen (secondary N) is 2. The maximum Gasteiger partial charge on any atom is 0.313 e. The van der Waals surface area contributed by atoms with Crippen LogP contribution in [-0.4, -0.2) is 21.8 Å². The van der Waals surface area contributed by atoms with Crippen LogP contribution in [0.25, 0.3) is 10.6 Å². The number of aromatic nitrogens is 2. The molecule has 0 aliphatic heterocycles. The Morgan fingerprint density at radius 1 is 1.00 bits per heavy atom. The molecule has 2 amide bonds. The summed E-state index contributed by atoms with van der Waals surface area (Å²) in [7, 11) is 0. The first-order valence-electron chi connectivity index (χ1n) is 7.65. The van der Waals surface area contributed by atoms with Crippen LogP contribution in [0.15, 0.2) is 60.4 Å². The Hall–Kier alpha value is -3.06. The van der Waals surface area contributed by atoms with E-state index in [0.717, 1.165) is 16.1 Å². The zero-order valence-corrected chi connectivity index (χ0v) is 14.3. The molecule has 3 rings (SSSR count). The summed E-state index contributed by atoms with van der Waals surface area (Å²) in [5.41, 5.74) is 2.39. The van der Waals surface area contributed by atoms with Gasteiger partial charge in [-0.15, -0.1) is 11.3 Å². The van der Waals surface area contributed by atoms with Crippen LogP contribution < -0.4 is 10.6 Å². The Morgan fingerprint density at radius 2 is 1.72 bits per heavy atom. The van der Waals surface area contributed by atoms with Crippen LogP contribution in [0.3, 0.4) is 0 Å². The van der Waals surface area contributed by atoms with Gasteiger partial charge in [0.1, 0.15) is 5.01 Å². The lowest BCUT2D eigenvalue weighted by atomic mass is 10.1. The van der Waals surface area contributed by atoms with Crippen molar-refractivity contribution in [3.05, 3.63) is 65.9 Å². The molecule has 0 spiro atoms. The van der Waals surface area contributed by atoms with Crippen molar-refractivity contribution in [1.82, 2.24) is 15.3 Å². The van der Waals surface area contributed by atoms with Gasteiger partial charge in [0.25, 0.3) is 0 Å². The van der Waals surface area contributed by atoms with Crippen molar-refractivity contribution in [1.29, 1.82) is 0 Å². The molecule has 6 nitrogen and oxygen atoms in total. The van der Waals surface area contributed by atoms with Gasteiger partial charge in [-0.2, -0.15) is 0 Å². The smallest absolute Gasteiger partial charge is 0.313 e. The number of rotatable bonds is 4. The van der Waals surface area contributed by atoms with Gasteiger partial charge in [0.05, 0.1) is 6.04 Å². The third kappa shape index (κ3) is 4.27. The van der Waals surface area contributed by atoms with E-state index in [1.165, 1.54) is 11.3 Å². The largest absolute Gasteiger partial charge is 0.341 e. The second-order valence-electron chi connectivity index (χ2n) is 5.34. The number of hydrogen-bond donors (Lipinski definition) is 2. The van der Waals surface area contributed by atoms with Crippen molar-refractivity contribution in [2.75, 3.05) is 5.32 Å². The second-order valence-corrected chi connectivity index (χ2v) is 6.24. The van der Waals surface area contributed by atoms with Crippen LogP contribution in [0.2, 0.25) is 0 Å². The highest BCUT2D eigenvalue weighted by Gasteiger charge is 2.17. The molecule has 0 aliphatic carbocycles. The zero-order chi connectivity index (χ0) is 17.6. The molecule has 2 heterocycles. The number of carbonyl (C=O) groups is 2. The number of anilines is 1. The molecule has 0 fully saturated rings. The Morgan fingerprint density at radius 3 is 2.36 bits per heavy atom. The summed E-state index contributed by atoms with van der Waals surface area (Å²) in [5.74, 6) is -1.39. The van der Waals surface area contributed by atoms with Gasteiger partial charge >= 0.3 is 11.8 Å². The predicted octanol–water partition coefficient (Wildman–Crippen LogP) is 3.02. The van der Waals surface area contributed by atoms with Crippen molar-refractivity contribution in [3.63, 3.8) is 0 Å². The summed E-state index contributed by atoms with van der Waals surface area (Å²) < 4.78 is 0. The number of nitrogens with zero attached hydrogens (tertiary/aromatic N) is 2. The molecule has 7 heteroatoms. The fourth-order valence-electron chi connectivity index (χ4n) is 2.25. The molecule has 1 atom stereocenters. The maximum atomic E-state index is 12.0. The van der Waals surface area contributed by atoms with Crippen LogP contribution in [0, 0.1) is 0 Å². The van der Waals surface area contributed by atoms with Crippen molar-refractivity contribution < 1.29 is 9.59 Å². The molecule has 2 aromatic heterocycles. The van der Waals surface area contributed by atoms with Gasteiger partial charge in [-0.25, -0.2) is 4.98 Å². The summed E-state index contributed by atoms with van der Waals surface area (Å²) in [6.07, 6.45) is 5.02.